The second-order valence-electron chi connectivity index (χ2n) is 3.10. The normalized spacial score (nSPS) is 30.4. The van der Waals surface area contributed by atoms with Gasteiger partial charge < -0.3 is 0 Å². The van der Waals surface area contributed by atoms with Crippen LogP contribution in [0.15, 0.2) is 10.1 Å². The Hall–Kier alpha value is 0.120. The van der Waals surface area contributed by atoms with Gasteiger partial charge in [0.1, 0.15) is 0 Å². The molecule has 0 spiro atoms. The quantitative estimate of drug-likeness (QED) is 0.543. The molecule has 0 aromatic carbocycles. The summed E-state index contributed by atoms with van der Waals surface area (Å²) < 4.78 is 16.2. The Morgan fingerprint density at radius 1 is 1.53 bits per heavy atom. The summed E-state index contributed by atoms with van der Waals surface area (Å²) in [7, 11) is 3.51. The third-order valence-corrected chi connectivity index (χ3v) is 8.38. The minimum atomic E-state index is -2.78. The van der Waals surface area contributed by atoms with Crippen LogP contribution in [0.1, 0.15) is 6.92 Å². The lowest BCUT2D eigenvalue weighted by molar-refractivity contribution is 0.482. The van der Waals surface area contributed by atoms with Gasteiger partial charge in [-0.15, -0.1) is 0 Å². The van der Waals surface area contributed by atoms with Gasteiger partial charge in [0.25, 0.3) is 0 Å². The second kappa shape index (κ2) is 3.85. The van der Waals surface area contributed by atoms with Crippen LogP contribution in [0.2, 0.25) is 0 Å². The molecule has 1 unspecified atom stereocenters. The third kappa shape index (κ3) is 1.89. The molecule has 9 heteroatoms. The summed E-state index contributed by atoms with van der Waals surface area (Å²) in [6.45, 7) is -0.919. The van der Waals surface area contributed by atoms with E-state index in [9.17, 15) is 4.57 Å². The van der Waals surface area contributed by atoms with E-state index in [2.05, 4.69) is 10.1 Å². The fourth-order valence-corrected chi connectivity index (χ4v) is 6.70. The molecule has 0 bridgehead atoms. The first-order chi connectivity index (χ1) is 6.93. The number of hydrazone groups is 1. The smallest absolute Gasteiger partial charge is 0.267 e. The van der Waals surface area contributed by atoms with Gasteiger partial charge >= 0.3 is 6.65 Å². The Morgan fingerprint density at radius 2 is 2.20 bits per heavy atom. The van der Waals surface area contributed by atoms with Gasteiger partial charge in [-0.25, -0.2) is 9.66 Å². The number of fused-ring (bicyclic) bond motifs is 1. The van der Waals surface area contributed by atoms with Crippen LogP contribution in [0, 0.1) is 0 Å². The topological polar surface area (TPSA) is 48.3 Å². The number of hydrogen-bond acceptors (Lipinski definition) is 5. The van der Waals surface area contributed by atoms with Crippen LogP contribution in [0.5, 0.6) is 0 Å². The number of nitrogens with zero attached hydrogens (tertiary/aromatic N) is 4. The van der Waals surface area contributed by atoms with Gasteiger partial charge in [0.15, 0.2) is 4.32 Å². The molecular weight excluding hydrogens is 271 g/mol. The van der Waals surface area contributed by atoms with Crippen molar-refractivity contribution < 1.29 is 4.57 Å². The molecule has 0 radical (unpaired) electrons. The Morgan fingerprint density at radius 3 is 2.80 bits per heavy atom. The second-order valence-corrected chi connectivity index (χ2v) is 9.61. The first-order valence-electron chi connectivity index (χ1n) is 4.07. The zero-order valence-corrected chi connectivity index (χ0v) is 11.7. The Balaban J connectivity index is 2.48. The van der Waals surface area contributed by atoms with E-state index in [-0.39, 0.29) is 0 Å². The van der Waals surface area contributed by atoms with Crippen LogP contribution in [-0.4, -0.2) is 38.1 Å². The van der Waals surface area contributed by atoms with E-state index in [4.69, 9.17) is 12.2 Å². The van der Waals surface area contributed by atoms with E-state index in [0.717, 1.165) is 16.4 Å². The average Bonchev–Trinajstić information content (AvgIpc) is 2.45. The van der Waals surface area contributed by atoms with E-state index in [0.29, 0.717) is 9.49 Å². The molecule has 2 aliphatic heterocycles. The maximum Gasteiger partial charge on any atom is 0.323 e. The van der Waals surface area contributed by atoms with E-state index in [1.54, 1.807) is 18.8 Å². The van der Waals surface area contributed by atoms with Gasteiger partial charge in [0, 0.05) is 11.4 Å². The monoisotopic (exact) mass is 280 g/mol. The SMILES string of the molecule is CC1=NN2C(=NC(=S)SP2(=O)N(C)C)S1. The van der Waals surface area contributed by atoms with Crippen molar-refractivity contribution in [3.8, 4) is 0 Å². The molecule has 0 aromatic rings. The molecule has 2 aliphatic rings. The highest BCUT2D eigenvalue weighted by Gasteiger charge is 2.44. The lowest BCUT2D eigenvalue weighted by Gasteiger charge is -2.32. The van der Waals surface area contributed by atoms with E-state index >= 15 is 0 Å². The summed E-state index contributed by atoms with van der Waals surface area (Å²) in [6.07, 6.45) is 0. The molecule has 0 saturated carbocycles. The summed E-state index contributed by atoms with van der Waals surface area (Å²) in [5, 5.41) is 5.67. The summed E-state index contributed by atoms with van der Waals surface area (Å²) in [5.74, 6) is 0. The van der Waals surface area contributed by atoms with Crippen molar-refractivity contribution >= 4 is 56.5 Å². The summed E-state index contributed by atoms with van der Waals surface area (Å²) in [5.41, 5.74) is 0. The Labute approximate surface area is 102 Å². The van der Waals surface area contributed by atoms with Crippen molar-refractivity contribution in [2.75, 3.05) is 14.1 Å². The lowest BCUT2D eigenvalue weighted by Crippen LogP contribution is -2.27. The molecule has 0 fully saturated rings. The maximum atomic E-state index is 12.6. The largest absolute Gasteiger partial charge is 0.323 e. The summed E-state index contributed by atoms with van der Waals surface area (Å²) in [4.78, 5) is 4.16. The van der Waals surface area contributed by atoms with Gasteiger partial charge in [-0.2, -0.15) is 9.88 Å². The lowest BCUT2D eigenvalue weighted by atomic mass is 10.9. The van der Waals surface area contributed by atoms with Crippen LogP contribution >= 0.6 is 42.0 Å². The molecule has 5 nitrogen and oxygen atoms in total. The van der Waals surface area contributed by atoms with Gasteiger partial charge in [0.2, 0.25) is 5.17 Å². The number of amidine groups is 1. The molecule has 15 heavy (non-hydrogen) atoms. The van der Waals surface area contributed by atoms with Crippen LogP contribution in [0.25, 0.3) is 0 Å². The fourth-order valence-electron chi connectivity index (χ4n) is 1.09. The fraction of sp³-hybridized carbons (Fsp3) is 0.500. The van der Waals surface area contributed by atoms with Crippen molar-refractivity contribution in [3.63, 3.8) is 0 Å². The molecule has 0 amide bonds. The van der Waals surface area contributed by atoms with Gasteiger partial charge in [-0.1, -0.05) is 0 Å². The summed E-state index contributed by atoms with van der Waals surface area (Å²) >= 11 is 7.53. The van der Waals surface area contributed by atoms with Crippen molar-refractivity contribution in [1.29, 1.82) is 0 Å². The van der Waals surface area contributed by atoms with Crippen molar-refractivity contribution in [2.24, 2.45) is 10.1 Å². The van der Waals surface area contributed by atoms with Gasteiger partial charge in [-0.05, 0) is 45.0 Å². The highest BCUT2D eigenvalue weighted by Crippen LogP contribution is 2.67. The first kappa shape index (κ1) is 11.6. The first-order valence-corrected chi connectivity index (χ1v) is 8.33. The van der Waals surface area contributed by atoms with Crippen molar-refractivity contribution in [1.82, 2.24) is 9.45 Å². The zero-order chi connectivity index (χ0) is 11.2. The average molecular weight is 280 g/mol. The minimum Gasteiger partial charge on any atom is -0.267 e. The number of rotatable bonds is 1. The highest BCUT2D eigenvalue weighted by molar-refractivity contribution is 8.66. The van der Waals surface area contributed by atoms with Crippen LogP contribution in [0.4, 0.5) is 0 Å². The number of hydrogen-bond donors (Lipinski definition) is 0. The third-order valence-electron chi connectivity index (χ3n) is 1.77. The number of thioether (sulfide) groups is 1. The molecule has 0 aliphatic carbocycles. The predicted molar refractivity (Wildman–Crippen MR) is 71.5 cm³/mol. The molecule has 0 saturated heterocycles. The maximum absolute atomic E-state index is 12.6. The van der Waals surface area contributed by atoms with E-state index < -0.39 is 6.65 Å². The summed E-state index contributed by atoms with van der Waals surface area (Å²) in [6, 6.07) is 0. The Bertz CT molecular complexity index is 432. The van der Waals surface area contributed by atoms with Gasteiger partial charge in [0.05, 0.1) is 5.04 Å². The van der Waals surface area contributed by atoms with E-state index in [1.165, 1.54) is 16.5 Å². The molecular formula is C6H9N4OPS3. The predicted octanol–water partition coefficient (Wildman–Crippen LogP) is 2.43. The van der Waals surface area contributed by atoms with Crippen LogP contribution < -0.4 is 0 Å². The van der Waals surface area contributed by atoms with Crippen molar-refractivity contribution in [3.05, 3.63) is 0 Å². The number of aliphatic imine (C=N–C) groups is 1. The molecule has 0 aromatic heterocycles. The van der Waals surface area contributed by atoms with E-state index in [1.807, 2.05) is 6.92 Å². The highest BCUT2D eigenvalue weighted by atomic mass is 32.7. The van der Waals surface area contributed by atoms with Crippen LogP contribution in [0.3, 0.4) is 0 Å². The molecule has 82 valence electrons. The number of thiocarbonyl (C=S) groups is 1. The minimum absolute atomic E-state index is 0.413. The zero-order valence-electron chi connectivity index (χ0n) is 8.37. The molecule has 0 N–H and O–H groups in total. The standard InChI is InChI=1S/C6H9N4OPS3/c1-4-8-10-5(14-4)7-6(13)15-12(10,11)9(2)3/h1-3H3. The van der Waals surface area contributed by atoms with Gasteiger partial charge in [-0.3, -0.25) is 4.57 Å². The molecule has 1 atom stereocenters. The molecule has 2 rings (SSSR count). The van der Waals surface area contributed by atoms with Crippen LogP contribution in [-0.2, 0) is 4.57 Å². The molecule has 2 heterocycles. The van der Waals surface area contributed by atoms with Crippen molar-refractivity contribution in [2.45, 2.75) is 6.92 Å². The Kier molecular flexibility index (Phi) is 2.98.